The van der Waals surface area contributed by atoms with E-state index in [1.54, 1.807) is 6.92 Å². The van der Waals surface area contributed by atoms with E-state index in [-0.39, 0.29) is 19.8 Å². The summed E-state index contributed by atoms with van der Waals surface area (Å²) >= 11 is 0. The molecule has 0 bridgehead atoms. The summed E-state index contributed by atoms with van der Waals surface area (Å²) in [5, 5.41) is 11.4. The molecule has 0 saturated carbocycles. The number of ether oxygens (including phenoxy) is 3. The van der Waals surface area contributed by atoms with Crippen molar-refractivity contribution in [2.45, 2.75) is 19.1 Å². The zero-order chi connectivity index (χ0) is 13.8. The Labute approximate surface area is 107 Å². The number of carbonyl (C=O) groups is 1. The van der Waals surface area contributed by atoms with Gasteiger partial charge in [0.1, 0.15) is 6.10 Å². The highest BCUT2D eigenvalue weighted by atomic mass is 16.6. The van der Waals surface area contributed by atoms with Crippen LogP contribution < -0.4 is 0 Å². The first-order chi connectivity index (χ1) is 8.71. The second kappa shape index (κ2) is 10.5. The summed E-state index contributed by atoms with van der Waals surface area (Å²) < 4.78 is 15.4. The highest BCUT2D eigenvalue weighted by molar-refractivity contribution is 5.81. The predicted octanol–water partition coefficient (Wildman–Crippen LogP) is 1.15. The Kier molecular flexibility index (Phi) is 9.52. The quantitative estimate of drug-likeness (QED) is 0.209. The normalized spacial score (nSPS) is 14.1. The number of rotatable bonds is 10. The third-order valence-electron chi connectivity index (χ3n) is 1.83. The summed E-state index contributed by atoms with van der Waals surface area (Å²) in [6, 6.07) is 0. The number of esters is 1. The van der Waals surface area contributed by atoms with Crippen LogP contribution in [0, 0.1) is 0 Å². The van der Waals surface area contributed by atoms with Gasteiger partial charge in [-0.3, -0.25) is 0 Å². The first-order valence-electron chi connectivity index (χ1n) is 5.50. The lowest BCUT2D eigenvalue weighted by molar-refractivity contribution is -0.162. The molecular formula is C12H19NO5. The smallest absolute Gasteiger partial charge is 0.338 e. The van der Waals surface area contributed by atoms with E-state index in [0.29, 0.717) is 0 Å². The maximum absolute atomic E-state index is 11.7. The molecule has 6 nitrogen and oxygen atoms in total. The minimum Gasteiger partial charge on any atom is -0.464 e. The van der Waals surface area contributed by atoms with Crippen LogP contribution in [0.5, 0.6) is 0 Å². The van der Waals surface area contributed by atoms with Gasteiger partial charge in [0.25, 0.3) is 0 Å². The van der Waals surface area contributed by atoms with Crippen LogP contribution in [0.1, 0.15) is 6.92 Å². The predicted molar refractivity (Wildman–Crippen MR) is 66.8 cm³/mol. The van der Waals surface area contributed by atoms with Gasteiger partial charge >= 0.3 is 5.97 Å². The van der Waals surface area contributed by atoms with Crippen molar-refractivity contribution in [3.05, 3.63) is 25.3 Å². The number of oxime groups is 1. The fourth-order valence-corrected chi connectivity index (χ4v) is 1.15. The Morgan fingerprint density at radius 3 is 2.44 bits per heavy atom. The van der Waals surface area contributed by atoms with E-state index in [0.717, 1.165) is 6.21 Å². The summed E-state index contributed by atoms with van der Waals surface area (Å²) in [6.07, 6.45) is 2.19. The van der Waals surface area contributed by atoms with Crippen molar-refractivity contribution in [2.75, 3.05) is 19.8 Å². The minimum absolute atomic E-state index is 0.150. The largest absolute Gasteiger partial charge is 0.464 e. The van der Waals surface area contributed by atoms with Crippen molar-refractivity contribution in [3.8, 4) is 0 Å². The molecule has 0 aromatic rings. The summed E-state index contributed by atoms with van der Waals surface area (Å²) in [7, 11) is 0. The topological polar surface area (TPSA) is 77.4 Å². The van der Waals surface area contributed by atoms with Crippen molar-refractivity contribution in [2.24, 2.45) is 5.16 Å². The van der Waals surface area contributed by atoms with Crippen LogP contribution in [-0.4, -0.2) is 49.4 Å². The van der Waals surface area contributed by atoms with Gasteiger partial charge in [0.2, 0.25) is 0 Å². The van der Waals surface area contributed by atoms with Crippen LogP contribution in [-0.2, 0) is 19.0 Å². The van der Waals surface area contributed by atoms with Crippen LogP contribution >= 0.6 is 0 Å². The number of nitrogens with zero attached hydrogens (tertiary/aromatic N) is 1. The van der Waals surface area contributed by atoms with Gasteiger partial charge in [-0.1, -0.05) is 17.3 Å². The zero-order valence-electron chi connectivity index (χ0n) is 10.4. The van der Waals surface area contributed by atoms with Gasteiger partial charge in [-0.2, -0.15) is 0 Å². The third kappa shape index (κ3) is 6.17. The molecule has 0 unspecified atom stereocenters. The Hall–Kier alpha value is -1.66. The van der Waals surface area contributed by atoms with Crippen molar-refractivity contribution >= 4 is 12.2 Å². The molecule has 0 heterocycles. The maximum atomic E-state index is 11.7. The van der Waals surface area contributed by atoms with E-state index in [1.807, 2.05) is 0 Å². The maximum Gasteiger partial charge on any atom is 0.338 e. The van der Waals surface area contributed by atoms with Crippen molar-refractivity contribution in [3.63, 3.8) is 0 Å². The van der Waals surface area contributed by atoms with Gasteiger partial charge in [0, 0.05) is 0 Å². The van der Waals surface area contributed by atoms with Gasteiger partial charge in [0.05, 0.1) is 26.0 Å². The lowest BCUT2D eigenvalue weighted by Crippen LogP contribution is -2.41. The van der Waals surface area contributed by atoms with Crippen molar-refractivity contribution < 1.29 is 24.2 Å². The molecule has 18 heavy (non-hydrogen) atoms. The van der Waals surface area contributed by atoms with Gasteiger partial charge in [-0.05, 0) is 6.92 Å². The van der Waals surface area contributed by atoms with E-state index < -0.39 is 18.2 Å². The van der Waals surface area contributed by atoms with Crippen molar-refractivity contribution in [1.82, 2.24) is 0 Å². The Bertz CT molecular complexity index is 290. The average Bonchev–Trinajstić information content (AvgIpc) is 2.36. The average molecular weight is 257 g/mol. The second-order valence-corrected chi connectivity index (χ2v) is 3.15. The molecule has 0 spiro atoms. The van der Waals surface area contributed by atoms with Gasteiger partial charge in [-0.25, -0.2) is 4.79 Å². The SMILES string of the molecule is C=CCO[C@@H](/C=N/O)[C@H](OCC=C)C(=O)OCC. The molecular weight excluding hydrogens is 238 g/mol. The molecule has 1 N–H and O–H groups in total. The van der Waals surface area contributed by atoms with Gasteiger partial charge in [-0.15, -0.1) is 13.2 Å². The molecule has 0 aliphatic heterocycles. The fraction of sp³-hybridized carbons (Fsp3) is 0.500. The van der Waals surface area contributed by atoms with E-state index in [2.05, 4.69) is 18.3 Å². The Balaban J connectivity index is 4.76. The molecule has 2 atom stereocenters. The molecule has 0 fully saturated rings. The van der Waals surface area contributed by atoms with E-state index >= 15 is 0 Å². The molecule has 0 rings (SSSR count). The highest BCUT2D eigenvalue weighted by Crippen LogP contribution is 2.06. The first-order valence-corrected chi connectivity index (χ1v) is 5.50. The highest BCUT2D eigenvalue weighted by Gasteiger charge is 2.30. The van der Waals surface area contributed by atoms with Crippen LogP contribution in [0.25, 0.3) is 0 Å². The van der Waals surface area contributed by atoms with Crippen LogP contribution in [0.3, 0.4) is 0 Å². The monoisotopic (exact) mass is 257 g/mol. The first kappa shape index (κ1) is 16.3. The van der Waals surface area contributed by atoms with E-state index in [1.165, 1.54) is 12.2 Å². The molecule has 0 aromatic carbocycles. The van der Waals surface area contributed by atoms with Crippen molar-refractivity contribution in [1.29, 1.82) is 0 Å². The summed E-state index contributed by atoms with van der Waals surface area (Å²) in [4.78, 5) is 11.7. The molecule has 0 aliphatic rings. The molecule has 0 aromatic heterocycles. The van der Waals surface area contributed by atoms with Crippen LogP contribution in [0.4, 0.5) is 0 Å². The molecule has 6 heteroatoms. The summed E-state index contributed by atoms with van der Waals surface area (Å²) in [6.45, 7) is 9.21. The van der Waals surface area contributed by atoms with Gasteiger partial charge in [0.15, 0.2) is 6.10 Å². The minimum atomic E-state index is -1.02. The van der Waals surface area contributed by atoms with E-state index in [4.69, 9.17) is 19.4 Å². The molecule has 0 saturated heterocycles. The Morgan fingerprint density at radius 1 is 1.33 bits per heavy atom. The van der Waals surface area contributed by atoms with E-state index in [9.17, 15) is 4.79 Å². The Morgan fingerprint density at radius 2 is 1.94 bits per heavy atom. The zero-order valence-corrected chi connectivity index (χ0v) is 10.4. The number of hydrogen-bond donors (Lipinski definition) is 1. The van der Waals surface area contributed by atoms with Crippen LogP contribution in [0.15, 0.2) is 30.5 Å². The summed E-state index contributed by atoms with van der Waals surface area (Å²) in [5.41, 5.74) is 0. The molecule has 0 radical (unpaired) electrons. The lowest BCUT2D eigenvalue weighted by atomic mass is 10.2. The summed E-state index contributed by atoms with van der Waals surface area (Å²) in [5.74, 6) is -0.590. The molecule has 102 valence electrons. The molecule has 0 aliphatic carbocycles. The standard InChI is InChI=1S/C12H19NO5/c1-4-7-17-10(9-13-15)11(18-8-5-2)12(14)16-6-3/h4-5,9-11,15H,1-2,6-8H2,3H3/b13-9+/t10-,11-/m0/s1. The fourth-order valence-electron chi connectivity index (χ4n) is 1.15. The van der Waals surface area contributed by atoms with Crippen LogP contribution in [0.2, 0.25) is 0 Å². The third-order valence-corrected chi connectivity index (χ3v) is 1.83. The number of hydrogen-bond acceptors (Lipinski definition) is 6. The van der Waals surface area contributed by atoms with Gasteiger partial charge < -0.3 is 19.4 Å². The number of carbonyl (C=O) groups excluding carboxylic acids is 1. The molecule has 0 amide bonds. The second-order valence-electron chi connectivity index (χ2n) is 3.15. The lowest BCUT2D eigenvalue weighted by Gasteiger charge is -2.21.